The minimum atomic E-state index is -0.265. The van der Waals surface area contributed by atoms with E-state index in [1.165, 1.54) is 12.0 Å². The van der Waals surface area contributed by atoms with Crippen LogP contribution in [-0.2, 0) is 11.3 Å². The lowest BCUT2D eigenvalue weighted by atomic mass is 10.1. The number of carbonyl (C=O) groups is 1. The van der Waals surface area contributed by atoms with Crippen molar-refractivity contribution in [3.05, 3.63) is 35.4 Å². The number of carbonyl (C=O) groups excluding carboxylic acids is 1. The van der Waals surface area contributed by atoms with Crippen LogP contribution in [0.15, 0.2) is 24.3 Å². The lowest BCUT2D eigenvalue weighted by Gasteiger charge is -2.20. The van der Waals surface area contributed by atoms with Crippen molar-refractivity contribution in [1.82, 2.24) is 10.3 Å². The molecule has 1 amide bonds. The highest BCUT2D eigenvalue weighted by Gasteiger charge is 2.17. The standard InChI is InChI=1S/C14H21N3O2/c1-17(10-13-3-2-8-19-13)9-11-4-6-12(7-5-11)14(18)16-15/h4-7,13H,2-3,8-10,15H2,1H3,(H,16,18). The van der Waals surface area contributed by atoms with Crippen LogP contribution in [-0.4, -0.2) is 37.1 Å². The van der Waals surface area contributed by atoms with Gasteiger partial charge in [0.05, 0.1) is 6.10 Å². The van der Waals surface area contributed by atoms with E-state index in [1.54, 1.807) is 12.1 Å². The highest BCUT2D eigenvalue weighted by atomic mass is 16.5. The normalized spacial score (nSPS) is 18.8. The lowest BCUT2D eigenvalue weighted by molar-refractivity contribution is 0.0793. The van der Waals surface area contributed by atoms with Crippen molar-refractivity contribution in [3.8, 4) is 0 Å². The van der Waals surface area contributed by atoms with E-state index in [1.807, 2.05) is 12.1 Å². The van der Waals surface area contributed by atoms with Crippen molar-refractivity contribution in [1.29, 1.82) is 0 Å². The molecule has 1 aliphatic rings. The van der Waals surface area contributed by atoms with Gasteiger partial charge in [0.1, 0.15) is 0 Å². The largest absolute Gasteiger partial charge is 0.377 e. The summed E-state index contributed by atoms with van der Waals surface area (Å²) in [4.78, 5) is 13.6. The van der Waals surface area contributed by atoms with E-state index < -0.39 is 0 Å². The van der Waals surface area contributed by atoms with Gasteiger partial charge in [0.2, 0.25) is 0 Å². The van der Waals surface area contributed by atoms with Gasteiger partial charge in [-0.25, -0.2) is 5.84 Å². The highest BCUT2D eigenvalue weighted by Crippen LogP contribution is 2.14. The Kier molecular flexibility index (Phi) is 4.90. The first-order valence-electron chi connectivity index (χ1n) is 6.59. The van der Waals surface area contributed by atoms with Crippen LogP contribution in [0.5, 0.6) is 0 Å². The number of nitrogens with two attached hydrogens (primary N) is 1. The topological polar surface area (TPSA) is 67.6 Å². The molecule has 1 heterocycles. The Morgan fingerprint density at radius 2 is 2.21 bits per heavy atom. The predicted octanol–water partition coefficient (Wildman–Crippen LogP) is 0.901. The van der Waals surface area contributed by atoms with Crippen molar-refractivity contribution >= 4 is 5.91 Å². The summed E-state index contributed by atoms with van der Waals surface area (Å²) >= 11 is 0. The quantitative estimate of drug-likeness (QED) is 0.470. The number of ether oxygens (including phenoxy) is 1. The van der Waals surface area contributed by atoms with Crippen molar-refractivity contribution < 1.29 is 9.53 Å². The Hall–Kier alpha value is -1.43. The van der Waals surface area contributed by atoms with Crippen LogP contribution in [0.1, 0.15) is 28.8 Å². The zero-order valence-electron chi connectivity index (χ0n) is 11.3. The summed E-state index contributed by atoms with van der Waals surface area (Å²) in [6.07, 6.45) is 2.69. The van der Waals surface area contributed by atoms with Crippen LogP contribution in [0.25, 0.3) is 0 Å². The van der Waals surface area contributed by atoms with Crippen molar-refractivity contribution in [2.24, 2.45) is 5.84 Å². The molecule has 1 aromatic rings. The Morgan fingerprint density at radius 1 is 1.47 bits per heavy atom. The maximum Gasteiger partial charge on any atom is 0.265 e. The number of hydrogen-bond donors (Lipinski definition) is 2. The van der Waals surface area contributed by atoms with E-state index in [9.17, 15) is 4.79 Å². The van der Waals surface area contributed by atoms with Crippen molar-refractivity contribution in [2.75, 3.05) is 20.2 Å². The molecule has 1 aromatic carbocycles. The summed E-state index contributed by atoms with van der Waals surface area (Å²) in [5.74, 6) is 4.83. The Balaban J connectivity index is 1.86. The molecule has 1 fully saturated rings. The zero-order valence-corrected chi connectivity index (χ0v) is 11.3. The smallest absolute Gasteiger partial charge is 0.265 e. The van der Waals surface area contributed by atoms with Gasteiger partial charge in [-0.2, -0.15) is 0 Å². The summed E-state index contributed by atoms with van der Waals surface area (Å²) in [6.45, 7) is 2.69. The van der Waals surface area contributed by atoms with Gasteiger partial charge in [-0.3, -0.25) is 15.1 Å². The van der Waals surface area contributed by atoms with E-state index in [2.05, 4.69) is 17.4 Å². The second-order valence-corrected chi connectivity index (χ2v) is 5.00. The highest BCUT2D eigenvalue weighted by molar-refractivity contribution is 5.93. The molecular formula is C14H21N3O2. The van der Waals surface area contributed by atoms with Crippen LogP contribution in [0.3, 0.4) is 0 Å². The van der Waals surface area contributed by atoms with E-state index in [0.29, 0.717) is 11.7 Å². The fourth-order valence-corrected chi connectivity index (χ4v) is 2.36. The van der Waals surface area contributed by atoms with Gasteiger partial charge in [-0.15, -0.1) is 0 Å². The number of nitrogens with zero attached hydrogens (tertiary/aromatic N) is 1. The van der Waals surface area contributed by atoms with Crippen LogP contribution in [0.2, 0.25) is 0 Å². The number of hydrogen-bond acceptors (Lipinski definition) is 4. The van der Waals surface area contributed by atoms with Gasteiger partial charge in [0.25, 0.3) is 5.91 Å². The molecule has 2 rings (SSSR count). The third-order valence-electron chi connectivity index (χ3n) is 3.34. The molecule has 0 aliphatic carbocycles. The Bertz CT molecular complexity index is 413. The maximum atomic E-state index is 11.3. The SMILES string of the molecule is CN(Cc1ccc(C(=O)NN)cc1)CC1CCCO1. The van der Waals surface area contributed by atoms with Crippen LogP contribution in [0.4, 0.5) is 0 Å². The predicted molar refractivity (Wildman–Crippen MR) is 73.4 cm³/mol. The van der Waals surface area contributed by atoms with Gasteiger partial charge in [-0.1, -0.05) is 12.1 Å². The molecule has 1 saturated heterocycles. The molecule has 5 nitrogen and oxygen atoms in total. The monoisotopic (exact) mass is 263 g/mol. The molecule has 3 N–H and O–H groups in total. The summed E-state index contributed by atoms with van der Waals surface area (Å²) in [7, 11) is 2.09. The average Bonchev–Trinajstić information content (AvgIpc) is 2.91. The van der Waals surface area contributed by atoms with E-state index in [-0.39, 0.29) is 5.91 Å². The second-order valence-electron chi connectivity index (χ2n) is 5.00. The molecule has 1 atom stereocenters. The summed E-state index contributed by atoms with van der Waals surface area (Å²) < 4.78 is 5.62. The molecule has 0 aromatic heterocycles. The van der Waals surface area contributed by atoms with Gasteiger partial charge in [0, 0.05) is 25.3 Å². The van der Waals surface area contributed by atoms with Crippen LogP contribution in [0, 0.1) is 0 Å². The fraction of sp³-hybridized carbons (Fsp3) is 0.500. The van der Waals surface area contributed by atoms with Crippen LogP contribution >= 0.6 is 0 Å². The molecule has 0 bridgehead atoms. The third kappa shape index (κ3) is 4.02. The molecule has 19 heavy (non-hydrogen) atoms. The minimum Gasteiger partial charge on any atom is -0.377 e. The van der Waals surface area contributed by atoms with E-state index in [4.69, 9.17) is 10.6 Å². The first-order chi connectivity index (χ1) is 9.19. The molecule has 5 heteroatoms. The van der Waals surface area contributed by atoms with E-state index >= 15 is 0 Å². The number of nitrogen functional groups attached to an aromatic ring is 1. The van der Waals surface area contributed by atoms with Gasteiger partial charge < -0.3 is 4.74 Å². The molecular weight excluding hydrogens is 242 g/mol. The third-order valence-corrected chi connectivity index (χ3v) is 3.34. The fourth-order valence-electron chi connectivity index (χ4n) is 2.36. The zero-order chi connectivity index (χ0) is 13.7. The molecule has 1 aliphatic heterocycles. The van der Waals surface area contributed by atoms with Crippen molar-refractivity contribution in [2.45, 2.75) is 25.5 Å². The van der Waals surface area contributed by atoms with Crippen molar-refractivity contribution in [3.63, 3.8) is 0 Å². The molecule has 1 unspecified atom stereocenters. The molecule has 104 valence electrons. The number of rotatable bonds is 5. The first kappa shape index (κ1) is 14.0. The first-order valence-corrected chi connectivity index (χ1v) is 6.59. The Morgan fingerprint density at radius 3 is 2.79 bits per heavy atom. The molecule has 0 saturated carbocycles. The van der Waals surface area contributed by atoms with Gasteiger partial charge in [0.15, 0.2) is 0 Å². The lowest BCUT2D eigenvalue weighted by Crippen LogP contribution is -2.30. The molecule has 0 radical (unpaired) electrons. The van der Waals surface area contributed by atoms with Gasteiger partial charge in [-0.05, 0) is 37.6 Å². The minimum absolute atomic E-state index is 0.265. The van der Waals surface area contributed by atoms with E-state index in [0.717, 1.165) is 26.1 Å². The maximum absolute atomic E-state index is 11.3. The summed E-state index contributed by atoms with van der Waals surface area (Å²) in [6, 6.07) is 7.49. The number of hydrazine groups is 1. The summed E-state index contributed by atoms with van der Waals surface area (Å²) in [5.41, 5.74) is 3.88. The molecule has 0 spiro atoms. The number of nitrogens with one attached hydrogen (secondary N) is 1. The average molecular weight is 263 g/mol. The van der Waals surface area contributed by atoms with Crippen LogP contribution < -0.4 is 11.3 Å². The number of likely N-dealkylation sites (N-methyl/N-ethyl adjacent to an activating group) is 1. The second kappa shape index (κ2) is 6.65. The Labute approximate surface area is 113 Å². The number of benzene rings is 1. The number of amides is 1. The van der Waals surface area contributed by atoms with Gasteiger partial charge >= 0.3 is 0 Å². The summed E-state index contributed by atoms with van der Waals surface area (Å²) in [5, 5.41) is 0.